The standard InChI is InChI=1S/C12H14BrNO/c1-2-3-10(14)12-7-8-6-9(13)4-5-11(8)15-12/h4-7,10H,2-3,14H2,1H3/t10-/m1/s1. The molecule has 0 fully saturated rings. The maximum atomic E-state index is 6.00. The molecule has 0 bridgehead atoms. The molecule has 80 valence electrons. The van der Waals surface area contributed by atoms with Crippen molar-refractivity contribution in [2.75, 3.05) is 0 Å². The van der Waals surface area contributed by atoms with Crippen LogP contribution in [0.25, 0.3) is 11.0 Å². The van der Waals surface area contributed by atoms with Gasteiger partial charge in [-0.3, -0.25) is 0 Å². The van der Waals surface area contributed by atoms with Gasteiger partial charge in [0.2, 0.25) is 0 Å². The maximum absolute atomic E-state index is 6.00. The molecule has 0 radical (unpaired) electrons. The molecule has 0 saturated carbocycles. The zero-order valence-electron chi connectivity index (χ0n) is 8.66. The lowest BCUT2D eigenvalue weighted by molar-refractivity contribution is 0.475. The van der Waals surface area contributed by atoms with E-state index in [4.69, 9.17) is 10.2 Å². The molecule has 0 unspecified atom stereocenters. The van der Waals surface area contributed by atoms with E-state index < -0.39 is 0 Å². The number of nitrogens with two attached hydrogens (primary N) is 1. The molecule has 0 aliphatic rings. The molecular formula is C12H14BrNO. The number of rotatable bonds is 3. The second-order valence-electron chi connectivity index (χ2n) is 3.73. The Morgan fingerprint density at radius 1 is 1.40 bits per heavy atom. The van der Waals surface area contributed by atoms with Crippen LogP contribution in [-0.2, 0) is 0 Å². The Kier molecular flexibility index (Phi) is 3.12. The Labute approximate surface area is 97.6 Å². The van der Waals surface area contributed by atoms with Gasteiger partial charge in [0.25, 0.3) is 0 Å². The smallest absolute Gasteiger partial charge is 0.134 e. The second kappa shape index (κ2) is 4.37. The summed E-state index contributed by atoms with van der Waals surface area (Å²) < 4.78 is 6.75. The lowest BCUT2D eigenvalue weighted by atomic mass is 10.1. The van der Waals surface area contributed by atoms with Crippen LogP contribution in [0.15, 0.2) is 33.2 Å². The summed E-state index contributed by atoms with van der Waals surface area (Å²) >= 11 is 3.44. The molecule has 1 heterocycles. The summed E-state index contributed by atoms with van der Waals surface area (Å²) in [7, 11) is 0. The van der Waals surface area contributed by atoms with E-state index in [1.54, 1.807) is 0 Å². The minimum absolute atomic E-state index is 0.0150. The van der Waals surface area contributed by atoms with E-state index >= 15 is 0 Å². The lowest BCUT2D eigenvalue weighted by Crippen LogP contribution is -2.08. The fraction of sp³-hybridized carbons (Fsp3) is 0.333. The van der Waals surface area contributed by atoms with E-state index in [1.807, 2.05) is 24.3 Å². The van der Waals surface area contributed by atoms with Crippen molar-refractivity contribution in [3.63, 3.8) is 0 Å². The third kappa shape index (κ3) is 2.24. The van der Waals surface area contributed by atoms with Crippen LogP contribution in [0.3, 0.4) is 0 Å². The monoisotopic (exact) mass is 267 g/mol. The van der Waals surface area contributed by atoms with Crippen molar-refractivity contribution in [2.24, 2.45) is 5.73 Å². The molecule has 0 spiro atoms. The summed E-state index contributed by atoms with van der Waals surface area (Å²) in [5.74, 6) is 0.880. The van der Waals surface area contributed by atoms with Crippen molar-refractivity contribution in [3.05, 3.63) is 34.5 Å². The molecule has 2 aromatic rings. The SMILES string of the molecule is CCC[C@@H](N)c1cc2cc(Br)ccc2o1. The Morgan fingerprint density at radius 3 is 2.93 bits per heavy atom. The summed E-state index contributed by atoms with van der Waals surface area (Å²) in [4.78, 5) is 0. The van der Waals surface area contributed by atoms with E-state index in [0.29, 0.717) is 0 Å². The van der Waals surface area contributed by atoms with Crippen molar-refractivity contribution in [1.82, 2.24) is 0 Å². The first-order chi connectivity index (χ1) is 7.20. The van der Waals surface area contributed by atoms with Crippen molar-refractivity contribution in [3.8, 4) is 0 Å². The van der Waals surface area contributed by atoms with Gasteiger partial charge in [0.15, 0.2) is 0 Å². The average Bonchev–Trinajstić information content (AvgIpc) is 2.60. The van der Waals surface area contributed by atoms with E-state index in [0.717, 1.165) is 34.0 Å². The lowest BCUT2D eigenvalue weighted by Gasteiger charge is -2.04. The first-order valence-corrected chi connectivity index (χ1v) is 5.94. The van der Waals surface area contributed by atoms with Crippen LogP contribution in [0, 0.1) is 0 Å². The molecule has 0 amide bonds. The van der Waals surface area contributed by atoms with Gasteiger partial charge in [-0.25, -0.2) is 0 Å². The molecule has 1 aromatic carbocycles. The summed E-state index contributed by atoms with van der Waals surface area (Å²) in [5.41, 5.74) is 6.90. The average molecular weight is 268 g/mol. The van der Waals surface area contributed by atoms with Crippen molar-refractivity contribution < 1.29 is 4.42 Å². The van der Waals surface area contributed by atoms with E-state index in [-0.39, 0.29) is 6.04 Å². The van der Waals surface area contributed by atoms with Gasteiger partial charge in [0, 0.05) is 9.86 Å². The molecule has 2 rings (SSSR count). The Morgan fingerprint density at radius 2 is 2.20 bits per heavy atom. The van der Waals surface area contributed by atoms with E-state index in [1.165, 1.54) is 0 Å². The van der Waals surface area contributed by atoms with Crippen LogP contribution >= 0.6 is 15.9 Å². The molecule has 3 heteroatoms. The predicted octanol–water partition coefficient (Wildman–Crippen LogP) is 4.00. The van der Waals surface area contributed by atoms with Crippen molar-refractivity contribution >= 4 is 26.9 Å². The van der Waals surface area contributed by atoms with Gasteiger partial charge in [-0.15, -0.1) is 0 Å². The van der Waals surface area contributed by atoms with Gasteiger partial charge in [-0.2, -0.15) is 0 Å². The molecule has 0 aliphatic heterocycles. The highest BCUT2D eigenvalue weighted by Crippen LogP contribution is 2.27. The van der Waals surface area contributed by atoms with Crippen LogP contribution in [0.5, 0.6) is 0 Å². The highest BCUT2D eigenvalue weighted by atomic mass is 79.9. The van der Waals surface area contributed by atoms with E-state index in [2.05, 4.69) is 22.9 Å². The summed E-state index contributed by atoms with van der Waals surface area (Å²) in [6, 6.07) is 8.02. The maximum Gasteiger partial charge on any atom is 0.134 e. The van der Waals surface area contributed by atoms with Gasteiger partial charge in [-0.05, 0) is 30.7 Å². The van der Waals surface area contributed by atoms with Crippen LogP contribution in [0.2, 0.25) is 0 Å². The fourth-order valence-electron chi connectivity index (χ4n) is 1.67. The number of benzene rings is 1. The molecular weight excluding hydrogens is 254 g/mol. The van der Waals surface area contributed by atoms with E-state index in [9.17, 15) is 0 Å². The molecule has 2 N–H and O–H groups in total. The van der Waals surface area contributed by atoms with Crippen LogP contribution in [0.4, 0.5) is 0 Å². The van der Waals surface area contributed by atoms with Gasteiger partial charge < -0.3 is 10.2 Å². The Hall–Kier alpha value is -0.800. The number of hydrogen-bond donors (Lipinski definition) is 1. The van der Waals surface area contributed by atoms with Gasteiger partial charge in [0.1, 0.15) is 11.3 Å². The summed E-state index contributed by atoms with van der Waals surface area (Å²) in [5, 5.41) is 1.10. The highest BCUT2D eigenvalue weighted by Gasteiger charge is 2.10. The molecule has 15 heavy (non-hydrogen) atoms. The molecule has 0 saturated heterocycles. The minimum atomic E-state index is 0.0150. The number of halogens is 1. The third-order valence-corrected chi connectivity index (χ3v) is 2.96. The van der Waals surface area contributed by atoms with Crippen molar-refractivity contribution in [1.29, 1.82) is 0 Å². The zero-order chi connectivity index (χ0) is 10.8. The normalized spacial score (nSPS) is 13.3. The van der Waals surface area contributed by atoms with Crippen LogP contribution in [0.1, 0.15) is 31.6 Å². The van der Waals surface area contributed by atoms with Crippen LogP contribution in [-0.4, -0.2) is 0 Å². The number of furan rings is 1. The highest BCUT2D eigenvalue weighted by molar-refractivity contribution is 9.10. The third-order valence-electron chi connectivity index (χ3n) is 2.46. The minimum Gasteiger partial charge on any atom is -0.459 e. The molecule has 1 atom stereocenters. The first-order valence-electron chi connectivity index (χ1n) is 5.15. The Bertz CT molecular complexity index is 464. The number of fused-ring (bicyclic) bond motifs is 1. The first kappa shape index (κ1) is 10.7. The molecule has 0 aliphatic carbocycles. The summed E-state index contributed by atoms with van der Waals surface area (Å²) in [6.45, 7) is 2.12. The van der Waals surface area contributed by atoms with Gasteiger partial charge in [0.05, 0.1) is 6.04 Å². The second-order valence-corrected chi connectivity index (χ2v) is 4.64. The van der Waals surface area contributed by atoms with Crippen molar-refractivity contribution in [2.45, 2.75) is 25.8 Å². The van der Waals surface area contributed by atoms with Gasteiger partial charge in [-0.1, -0.05) is 29.3 Å². The summed E-state index contributed by atoms with van der Waals surface area (Å²) in [6.07, 6.45) is 2.03. The van der Waals surface area contributed by atoms with Gasteiger partial charge >= 0.3 is 0 Å². The quantitative estimate of drug-likeness (QED) is 0.913. The zero-order valence-corrected chi connectivity index (χ0v) is 10.3. The topological polar surface area (TPSA) is 39.2 Å². The molecule has 1 aromatic heterocycles. The predicted molar refractivity (Wildman–Crippen MR) is 65.8 cm³/mol. The largest absolute Gasteiger partial charge is 0.459 e. The fourth-order valence-corrected chi connectivity index (χ4v) is 2.05. The van der Waals surface area contributed by atoms with Crippen LogP contribution < -0.4 is 5.73 Å². The molecule has 2 nitrogen and oxygen atoms in total. The number of hydrogen-bond acceptors (Lipinski definition) is 2. The Balaban J connectivity index is 2.38.